The Kier molecular flexibility index (Phi) is 44.1. The summed E-state index contributed by atoms with van der Waals surface area (Å²) < 4.78 is 14.7. The maximum absolute atomic E-state index is 11.2. The van der Waals surface area contributed by atoms with E-state index in [1.54, 1.807) is 13.8 Å². The third-order valence-corrected chi connectivity index (χ3v) is 10.3. The van der Waals surface area contributed by atoms with E-state index in [2.05, 4.69) is 83.5 Å². The molecule has 2 heterocycles. The third-order valence-electron chi connectivity index (χ3n) is 10.3. The SMILES string of the molecule is C=C(C)C(=O)OCCCCCCCCCCCCCCCC[n+]1ccccc1.C=C(C)C(=O)OCCCCCCCCCCCCCCCC[n+]1ccccc1.[Br-].[Br-]. The van der Waals surface area contributed by atoms with Gasteiger partial charge in [-0.1, -0.05) is 167 Å². The molecule has 0 atom stereocenters. The fraction of sp³-hybridized carbons (Fsp3) is 0.680. The summed E-state index contributed by atoms with van der Waals surface area (Å²) in [7, 11) is 0. The Bertz CT molecular complexity index is 1130. The average Bonchev–Trinajstić information content (AvgIpc) is 3.21. The summed E-state index contributed by atoms with van der Waals surface area (Å²) in [6.07, 6.45) is 45.5. The van der Waals surface area contributed by atoms with Gasteiger partial charge in [-0.25, -0.2) is 18.7 Å². The molecule has 8 heteroatoms. The van der Waals surface area contributed by atoms with Crippen molar-refractivity contribution in [3.8, 4) is 0 Å². The summed E-state index contributed by atoms with van der Waals surface area (Å²) in [5.74, 6) is -0.516. The highest BCUT2D eigenvalue weighted by atomic mass is 79.9. The zero-order valence-electron chi connectivity index (χ0n) is 37.1. The van der Waals surface area contributed by atoms with Crippen molar-refractivity contribution in [3.05, 3.63) is 85.5 Å². The van der Waals surface area contributed by atoms with Crippen molar-refractivity contribution >= 4 is 11.9 Å². The molecule has 0 radical (unpaired) electrons. The first-order valence-corrected chi connectivity index (χ1v) is 22.9. The summed E-state index contributed by atoms with van der Waals surface area (Å²) in [6, 6.07) is 12.6. The van der Waals surface area contributed by atoms with Crippen LogP contribution in [0.25, 0.3) is 0 Å². The summed E-state index contributed by atoms with van der Waals surface area (Å²) >= 11 is 0. The van der Waals surface area contributed by atoms with Crippen molar-refractivity contribution in [2.45, 2.75) is 207 Å². The van der Waals surface area contributed by atoms with Gasteiger partial charge in [0.05, 0.1) is 13.2 Å². The predicted molar refractivity (Wildman–Crippen MR) is 234 cm³/mol. The van der Waals surface area contributed by atoms with Crippen LogP contribution in [0.1, 0.15) is 194 Å². The van der Waals surface area contributed by atoms with Gasteiger partial charge >= 0.3 is 11.9 Å². The molecule has 0 saturated carbocycles. The van der Waals surface area contributed by atoms with E-state index in [1.807, 2.05) is 0 Å². The highest BCUT2D eigenvalue weighted by Crippen LogP contribution is 2.15. The smallest absolute Gasteiger partial charge is 0.333 e. The minimum atomic E-state index is -0.258. The van der Waals surface area contributed by atoms with Crippen LogP contribution in [0.2, 0.25) is 0 Å². The second-order valence-corrected chi connectivity index (χ2v) is 16.0. The van der Waals surface area contributed by atoms with Crippen LogP contribution in [0.4, 0.5) is 0 Å². The highest BCUT2D eigenvalue weighted by Gasteiger charge is 2.04. The number of nitrogens with zero attached hydrogens (tertiary/aromatic N) is 2. The second-order valence-electron chi connectivity index (χ2n) is 16.0. The molecule has 0 spiro atoms. The number of esters is 2. The zero-order chi connectivity index (χ0) is 40.6. The van der Waals surface area contributed by atoms with Crippen LogP contribution in [0, 0.1) is 0 Å². The van der Waals surface area contributed by atoms with Crippen molar-refractivity contribution in [1.29, 1.82) is 0 Å². The van der Waals surface area contributed by atoms with Gasteiger partial charge in [0.1, 0.15) is 13.1 Å². The van der Waals surface area contributed by atoms with Crippen molar-refractivity contribution in [1.82, 2.24) is 0 Å². The van der Waals surface area contributed by atoms with Gasteiger partial charge in [-0.2, -0.15) is 0 Å². The van der Waals surface area contributed by atoms with E-state index < -0.39 is 0 Å². The highest BCUT2D eigenvalue weighted by molar-refractivity contribution is 5.87. The lowest BCUT2D eigenvalue weighted by molar-refractivity contribution is -0.697. The van der Waals surface area contributed by atoms with Crippen LogP contribution in [0.15, 0.2) is 85.5 Å². The Hall–Kier alpha value is -2.32. The normalized spacial score (nSPS) is 10.4. The van der Waals surface area contributed by atoms with Gasteiger partial charge in [0, 0.05) is 48.3 Å². The molecular weight excluding hydrogens is 852 g/mol. The first-order chi connectivity index (χ1) is 27.4. The molecule has 0 bridgehead atoms. The van der Waals surface area contributed by atoms with E-state index in [0.717, 1.165) is 38.8 Å². The van der Waals surface area contributed by atoms with E-state index in [9.17, 15) is 9.59 Å². The van der Waals surface area contributed by atoms with Crippen molar-refractivity contribution in [2.75, 3.05) is 13.2 Å². The topological polar surface area (TPSA) is 60.4 Å². The molecule has 6 nitrogen and oxygen atoms in total. The molecule has 0 aromatic carbocycles. The van der Waals surface area contributed by atoms with Crippen LogP contribution in [-0.4, -0.2) is 25.2 Å². The van der Waals surface area contributed by atoms with Gasteiger partial charge in [-0.05, 0) is 39.5 Å². The maximum Gasteiger partial charge on any atom is 0.333 e. The fourth-order valence-corrected chi connectivity index (χ4v) is 6.78. The number of carbonyl (C=O) groups is 2. The van der Waals surface area contributed by atoms with E-state index >= 15 is 0 Å². The van der Waals surface area contributed by atoms with Crippen LogP contribution in [0.3, 0.4) is 0 Å². The number of unbranched alkanes of at least 4 members (excludes halogenated alkanes) is 26. The lowest BCUT2D eigenvalue weighted by Gasteiger charge is -2.05. The first-order valence-electron chi connectivity index (χ1n) is 22.9. The van der Waals surface area contributed by atoms with E-state index in [-0.39, 0.29) is 45.9 Å². The number of hydrogen-bond donors (Lipinski definition) is 0. The Labute approximate surface area is 377 Å². The standard InChI is InChI=1S/2C25H42NO2.2BrH/c2*1-24(2)25(27)28-23-19-14-12-10-8-6-4-3-5-7-9-11-13-16-20-26-21-17-15-18-22-26;;/h2*15,17-18,21-22H,1,3-14,16,19-20,23H2,2H3;2*1H/q2*+1;;/p-2. The number of aromatic nitrogens is 2. The van der Waals surface area contributed by atoms with Gasteiger partial charge in [0.2, 0.25) is 0 Å². The van der Waals surface area contributed by atoms with Crippen LogP contribution in [-0.2, 0) is 32.2 Å². The molecule has 0 aliphatic rings. The molecule has 0 unspecified atom stereocenters. The number of carbonyl (C=O) groups excluding carboxylic acids is 2. The molecule has 58 heavy (non-hydrogen) atoms. The Morgan fingerprint density at radius 1 is 0.362 bits per heavy atom. The number of hydrogen-bond acceptors (Lipinski definition) is 4. The van der Waals surface area contributed by atoms with Crippen LogP contribution >= 0.6 is 0 Å². The predicted octanol–water partition coefficient (Wildman–Crippen LogP) is 7.12. The second kappa shape index (κ2) is 44.2. The van der Waals surface area contributed by atoms with Gasteiger partial charge in [0.25, 0.3) is 0 Å². The molecule has 2 aromatic rings. The molecule has 0 aliphatic heterocycles. The van der Waals surface area contributed by atoms with Crippen LogP contribution in [0.5, 0.6) is 0 Å². The number of halogens is 2. The molecule has 0 aliphatic carbocycles. The molecule has 2 rings (SSSR count). The Morgan fingerprint density at radius 3 is 0.793 bits per heavy atom. The van der Waals surface area contributed by atoms with E-state index in [0.29, 0.717) is 24.4 Å². The molecule has 2 aromatic heterocycles. The minimum absolute atomic E-state index is 0. The van der Waals surface area contributed by atoms with Gasteiger partial charge in [-0.3, -0.25) is 0 Å². The van der Waals surface area contributed by atoms with Gasteiger partial charge < -0.3 is 43.4 Å². The maximum atomic E-state index is 11.2. The Balaban J connectivity index is 0. The summed E-state index contributed by atoms with van der Waals surface area (Å²) in [6.45, 7) is 13.9. The molecular formula is C50H84Br2N2O4. The largest absolute Gasteiger partial charge is 1.00 e. The van der Waals surface area contributed by atoms with Gasteiger partial charge in [-0.15, -0.1) is 0 Å². The van der Waals surface area contributed by atoms with Crippen molar-refractivity contribution < 1.29 is 62.2 Å². The first kappa shape index (κ1) is 57.8. The lowest BCUT2D eigenvalue weighted by atomic mass is 10.0. The number of aryl methyl sites for hydroxylation is 2. The molecule has 0 amide bonds. The number of rotatable bonds is 36. The van der Waals surface area contributed by atoms with E-state index in [1.165, 1.54) is 154 Å². The van der Waals surface area contributed by atoms with Gasteiger partial charge in [0.15, 0.2) is 24.8 Å². The summed E-state index contributed by atoms with van der Waals surface area (Å²) in [4.78, 5) is 22.4. The van der Waals surface area contributed by atoms with E-state index in [4.69, 9.17) is 9.47 Å². The minimum Gasteiger partial charge on any atom is -1.00 e. The van der Waals surface area contributed by atoms with Crippen LogP contribution < -0.4 is 43.1 Å². The third kappa shape index (κ3) is 39.2. The molecule has 0 N–H and O–H groups in total. The fourth-order valence-electron chi connectivity index (χ4n) is 6.78. The quantitative estimate of drug-likeness (QED) is 0.0317. The summed E-state index contributed by atoms with van der Waals surface area (Å²) in [5, 5.41) is 0. The number of pyridine rings is 2. The zero-order valence-corrected chi connectivity index (χ0v) is 40.3. The molecule has 0 saturated heterocycles. The average molecular weight is 937 g/mol. The molecule has 0 fully saturated rings. The van der Waals surface area contributed by atoms with Crippen molar-refractivity contribution in [3.63, 3.8) is 0 Å². The molecule has 332 valence electrons. The summed E-state index contributed by atoms with van der Waals surface area (Å²) in [5.41, 5.74) is 0.976. The monoisotopic (exact) mass is 934 g/mol. The Morgan fingerprint density at radius 2 is 0.569 bits per heavy atom. The van der Waals surface area contributed by atoms with Crippen molar-refractivity contribution in [2.24, 2.45) is 0 Å². The number of ether oxygens (including phenoxy) is 2. The lowest BCUT2D eigenvalue weighted by Crippen LogP contribution is -3.00.